The topological polar surface area (TPSA) is 88.0 Å². The molecule has 3 N–H and O–H groups in total. The van der Waals surface area contributed by atoms with Crippen LogP contribution in [-0.4, -0.2) is 21.6 Å². The molecule has 0 unspecified atom stereocenters. The van der Waals surface area contributed by atoms with Gasteiger partial charge < -0.3 is 16.0 Å². The van der Waals surface area contributed by atoms with E-state index in [2.05, 4.69) is 21.0 Å². The van der Waals surface area contributed by atoms with Crippen molar-refractivity contribution in [1.29, 1.82) is 0 Å². The minimum Gasteiger partial charge on any atom is -0.343 e. The van der Waals surface area contributed by atoms with Crippen LogP contribution in [-0.2, 0) is 4.79 Å². The van der Waals surface area contributed by atoms with E-state index in [1.165, 1.54) is 16.9 Å². The molecule has 0 spiro atoms. The molecule has 9 heteroatoms. The van der Waals surface area contributed by atoms with Crippen molar-refractivity contribution in [2.75, 3.05) is 16.0 Å². The fraction of sp³-hybridized carbons (Fsp3) is 0.0741. The SMILES string of the molecule is CC1=C(C(=O)Nc2ccc(Cl)cc2)[C@@H](c2ccccc2F)n2ncc(C(=O)Nc3ccccc3)c2N1. The molecule has 0 bridgehead atoms. The molecule has 180 valence electrons. The Morgan fingerprint density at radius 2 is 1.56 bits per heavy atom. The molecule has 0 saturated heterocycles. The van der Waals surface area contributed by atoms with Gasteiger partial charge in [-0.05, 0) is 49.4 Å². The Bertz CT molecular complexity index is 1480. The van der Waals surface area contributed by atoms with Crippen molar-refractivity contribution in [2.24, 2.45) is 0 Å². The van der Waals surface area contributed by atoms with Crippen LogP contribution in [0.3, 0.4) is 0 Å². The lowest BCUT2D eigenvalue weighted by Crippen LogP contribution is -2.32. The van der Waals surface area contributed by atoms with E-state index in [0.29, 0.717) is 27.9 Å². The average Bonchev–Trinajstić information content (AvgIpc) is 3.29. The highest BCUT2D eigenvalue weighted by Gasteiger charge is 2.36. The van der Waals surface area contributed by atoms with Gasteiger partial charge in [0.15, 0.2) is 0 Å². The molecule has 0 radical (unpaired) electrons. The first-order valence-electron chi connectivity index (χ1n) is 11.2. The zero-order valence-corrected chi connectivity index (χ0v) is 19.9. The van der Waals surface area contributed by atoms with Gasteiger partial charge in [0.05, 0.1) is 11.8 Å². The van der Waals surface area contributed by atoms with Crippen LogP contribution >= 0.6 is 11.6 Å². The van der Waals surface area contributed by atoms with E-state index in [9.17, 15) is 9.59 Å². The van der Waals surface area contributed by atoms with E-state index < -0.39 is 17.8 Å². The highest BCUT2D eigenvalue weighted by Crippen LogP contribution is 2.38. The molecule has 7 nitrogen and oxygen atoms in total. The quantitative estimate of drug-likeness (QED) is 0.320. The number of hydrogen-bond donors (Lipinski definition) is 3. The lowest BCUT2D eigenvalue weighted by molar-refractivity contribution is -0.113. The first kappa shape index (κ1) is 23.3. The number of benzene rings is 3. The molecular formula is C27H21ClFN5O2. The third-order valence-electron chi connectivity index (χ3n) is 5.85. The molecule has 2 amide bonds. The number of rotatable bonds is 5. The summed E-state index contributed by atoms with van der Waals surface area (Å²) in [6.07, 6.45) is 1.40. The number of amides is 2. The Labute approximate surface area is 211 Å². The number of allylic oxidation sites excluding steroid dienone is 1. The Hall–Kier alpha value is -4.43. The van der Waals surface area contributed by atoms with E-state index in [1.807, 2.05) is 18.2 Å². The van der Waals surface area contributed by atoms with Crippen LogP contribution < -0.4 is 16.0 Å². The first-order valence-corrected chi connectivity index (χ1v) is 11.5. The van der Waals surface area contributed by atoms with Crippen molar-refractivity contribution in [3.8, 4) is 0 Å². The maximum Gasteiger partial charge on any atom is 0.261 e. The van der Waals surface area contributed by atoms with Gasteiger partial charge in [-0.3, -0.25) is 9.59 Å². The standard InChI is InChI=1S/C27H21ClFN5O2/c1-16-23(27(36)33-19-13-11-17(28)12-14-19)24(20-9-5-6-10-22(20)29)34-25(31-16)21(15-30-34)26(35)32-18-7-3-2-4-8-18/h2-15,24,31H,1H3,(H,32,35)(H,33,36)/t24-/m1/s1. The number of aromatic nitrogens is 2. The largest absolute Gasteiger partial charge is 0.343 e. The molecule has 36 heavy (non-hydrogen) atoms. The number of para-hydroxylation sites is 1. The second kappa shape index (κ2) is 9.67. The van der Waals surface area contributed by atoms with Gasteiger partial charge in [-0.25, -0.2) is 9.07 Å². The Kier molecular flexibility index (Phi) is 6.26. The van der Waals surface area contributed by atoms with Crippen LogP contribution in [0, 0.1) is 5.82 Å². The van der Waals surface area contributed by atoms with E-state index in [4.69, 9.17) is 11.6 Å². The van der Waals surface area contributed by atoms with Gasteiger partial charge >= 0.3 is 0 Å². The zero-order chi connectivity index (χ0) is 25.2. The third kappa shape index (κ3) is 4.46. The summed E-state index contributed by atoms with van der Waals surface area (Å²) in [7, 11) is 0. The Morgan fingerprint density at radius 3 is 2.28 bits per heavy atom. The molecular weight excluding hydrogens is 481 g/mol. The fourth-order valence-corrected chi connectivity index (χ4v) is 4.28. The summed E-state index contributed by atoms with van der Waals surface area (Å²) in [6, 6.07) is 21.0. The van der Waals surface area contributed by atoms with E-state index in [0.717, 1.165) is 0 Å². The van der Waals surface area contributed by atoms with Gasteiger partial charge in [-0.15, -0.1) is 0 Å². The van der Waals surface area contributed by atoms with Crippen molar-refractivity contribution >= 4 is 40.6 Å². The van der Waals surface area contributed by atoms with Crippen molar-refractivity contribution < 1.29 is 14.0 Å². The lowest BCUT2D eigenvalue weighted by Gasteiger charge is -2.30. The Morgan fingerprint density at radius 1 is 0.917 bits per heavy atom. The summed E-state index contributed by atoms with van der Waals surface area (Å²) >= 11 is 5.96. The highest BCUT2D eigenvalue weighted by molar-refractivity contribution is 6.30. The predicted molar refractivity (Wildman–Crippen MR) is 138 cm³/mol. The van der Waals surface area contributed by atoms with Gasteiger partial charge in [0, 0.05) is 27.7 Å². The molecule has 2 heterocycles. The van der Waals surface area contributed by atoms with Crippen molar-refractivity contribution in [2.45, 2.75) is 13.0 Å². The molecule has 3 aromatic carbocycles. The molecule has 1 atom stereocenters. The minimum atomic E-state index is -0.909. The molecule has 1 aromatic heterocycles. The van der Waals surface area contributed by atoms with Crippen molar-refractivity contribution in [3.63, 3.8) is 0 Å². The van der Waals surface area contributed by atoms with Gasteiger partial charge in [0.2, 0.25) is 0 Å². The smallest absolute Gasteiger partial charge is 0.261 e. The maximum absolute atomic E-state index is 15.0. The summed E-state index contributed by atoms with van der Waals surface area (Å²) in [4.78, 5) is 26.5. The molecule has 4 aromatic rings. The third-order valence-corrected chi connectivity index (χ3v) is 6.10. The monoisotopic (exact) mass is 501 g/mol. The number of carbonyl (C=O) groups excluding carboxylic acids is 2. The maximum atomic E-state index is 15.0. The van der Waals surface area contributed by atoms with Gasteiger partial charge in [0.25, 0.3) is 11.8 Å². The molecule has 0 saturated carbocycles. The van der Waals surface area contributed by atoms with Crippen LogP contribution in [0.15, 0.2) is 96.3 Å². The summed E-state index contributed by atoms with van der Waals surface area (Å²) in [5, 5.41) is 13.7. The van der Waals surface area contributed by atoms with Crippen molar-refractivity contribution in [3.05, 3.63) is 118 Å². The van der Waals surface area contributed by atoms with Crippen LogP contribution in [0.25, 0.3) is 0 Å². The van der Waals surface area contributed by atoms with Gasteiger partial charge in [0.1, 0.15) is 23.2 Å². The number of hydrogen-bond acceptors (Lipinski definition) is 4. The second-order valence-corrected chi connectivity index (χ2v) is 8.66. The summed E-state index contributed by atoms with van der Waals surface area (Å²) < 4.78 is 16.5. The summed E-state index contributed by atoms with van der Waals surface area (Å²) in [5.74, 6) is -0.959. The van der Waals surface area contributed by atoms with Gasteiger partial charge in [-0.1, -0.05) is 48.0 Å². The minimum absolute atomic E-state index is 0.249. The molecule has 0 fully saturated rings. The van der Waals surface area contributed by atoms with Crippen molar-refractivity contribution in [1.82, 2.24) is 9.78 Å². The number of halogens is 2. The zero-order valence-electron chi connectivity index (χ0n) is 19.1. The van der Waals surface area contributed by atoms with E-state index >= 15 is 4.39 Å². The van der Waals surface area contributed by atoms with E-state index in [-0.39, 0.29) is 22.6 Å². The summed E-state index contributed by atoms with van der Waals surface area (Å²) in [5.41, 5.74) is 2.40. The molecule has 5 rings (SSSR count). The summed E-state index contributed by atoms with van der Waals surface area (Å²) in [6.45, 7) is 1.71. The number of nitrogens with zero attached hydrogens (tertiary/aromatic N) is 2. The highest BCUT2D eigenvalue weighted by atomic mass is 35.5. The number of anilines is 3. The number of nitrogens with one attached hydrogen (secondary N) is 3. The number of fused-ring (bicyclic) bond motifs is 1. The first-order chi connectivity index (χ1) is 17.4. The van der Waals surface area contributed by atoms with Crippen LogP contribution in [0.4, 0.5) is 21.6 Å². The Balaban J connectivity index is 1.55. The van der Waals surface area contributed by atoms with Crippen LogP contribution in [0.1, 0.15) is 28.9 Å². The van der Waals surface area contributed by atoms with E-state index in [1.54, 1.807) is 61.5 Å². The molecule has 0 aliphatic carbocycles. The average molecular weight is 502 g/mol. The van der Waals surface area contributed by atoms with Crippen LogP contribution in [0.2, 0.25) is 5.02 Å². The predicted octanol–water partition coefficient (Wildman–Crippen LogP) is 5.86. The molecule has 1 aliphatic rings. The lowest BCUT2D eigenvalue weighted by atomic mass is 9.94. The normalized spacial score (nSPS) is 14.6. The molecule has 1 aliphatic heterocycles. The van der Waals surface area contributed by atoms with Crippen LogP contribution in [0.5, 0.6) is 0 Å². The number of carbonyl (C=O) groups is 2. The van der Waals surface area contributed by atoms with Gasteiger partial charge in [-0.2, -0.15) is 5.10 Å². The fourth-order valence-electron chi connectivity index (χ4n) is 4.15. The second-order valence-electron chi connectivity index (χ2n) is 8.22.